The second kappa shape index (κ2) is 25.1. The minimum atomic E-state index is -0.970. The van der Waals surface area contributed by atoms with Gasteiger partial charge in [-0.05, 0) is 63.4 Å². The van der Waals surface area contributed by atoms with E-state index in [0.29, 0.717) is 51.4 Å². The largest absolute Gasteiger partial charge is 0.508 e. The predicted octanol–water partition coefficient (Wildman–Crippen LogP) is 5.06. The van der Waals surface area contributed by atoms with Crippen LogP contribution in [0.3, 0.4) is 0 Å². The van der Waals surface area contributed by atoms with Gasteiger partial charge in [0, 0.05) is 31.7 Å². The third-order valence-corrected chi connectivity index (χ3v) is 8.03. The minimum absolute atomic E-state index is 0.0571. The molecule has 0 aromatic heterocycles. The molecule has 0 aliphatic heterocycles. The SMILES string of the molecule is CNC(=O)CCC/C=C\C[C@@H]1[C@@H](/C=C/[C@@H](O)CCc2ccccc2)[C@H](OC(=O)OCCCCO[N+](=O)[O-])C[C@@H]1OC(=O)OCCCCO[N+](=O)[O-]. The third kappa shape index (κ3) is 19.2. The fourth-order valence-electron chi connectivity index (χ4n) is 5.42. The molecule has 1 aliphatic rings. The second-order valence-electron chi connectivity index (χ2n) is 11.8. The van der Waals surface area contributed by atoms with Crippen LogP contribution in [0.4, 0.5) is 9.59 Å². The van der Waals surface area contributed by atoms with Gasteiger partial charge in [-0.25, -0.2) is 9.59 Å². The topological polar surface area (TPSA) is 225 Å². The molecule has 0 bridgehead atoms. The number of amides is 1. The summed E-state index contributed by atoms with van der Waals surface area (Å²) < 4.78 is 21.8. The van der Waals surface area contributed by atoms with Crippen molar-refractivity contribution < 1.29 is 58.3 Å². The molecule has 2 N–H and O–H groups in total. The number of nitrogens with one attached hydrogen (secondary N) is 1. The fourth-order valence-corrected chi connectivity index (χ4v) is 5.42. The van der Waals surface area contributed by atoms with Crippen molar-refractivity contribution in [1.29, 1.82) is 0 Å². The Balaban J connectivity index is 2.15. The van der Waals surface area contributed by atoms with Gasteiger partial charge >= 0.3 is 12.3 Å². The molecule has 17 nitrogen and oxygen atoms in total. The van der Waals surface area contributed by atoms with Crippen LogP contribution in [0.25, 0.3) is 0 Å². The Morgan fingerprint density at radius 3 is 2.06 bits per heavy atom. The van der Waals surface area contributed by atoms with Gasteiger partial charge in [0.25, 0.3) is 10.2 Å². The number of unbranched alkanes of at least 4 members (excludes halogenated alkanes) is 3. The van der Waals surface area contributed by atoms with Gasteiger partial charge in [-0.3, -0.25) is 4.79 Å². The zero-order chi connectivity index (χ0) is 37.3. The smallest absolute Gasteiger partial charge is 0.434 e. The molecule has 284 valence electrons. The number of nitrogens with zero attached hydrogens (tertiary/aromatic N) is 2. The molecule has 0 heterocycles. The van der Waals surface area contributed by atoms with Crippen LogP contribution < -0.4 is 5.32 Å². The molecule has 0 radical (unpaired) electrons. The highest BCUT2D eigenvalue weighted by Gasteiger charge is 2.46. The van der Waals surface area contributed by atoms with Crippen LogP contribution >= 0.6 is 0 Å². The van der Waals surface area contributed by atoms with E-state index in [1.165, 1.54) is 0 Å². The molecule has 1 fully saturated rings. The lowest BCUT2D eigenvalue weighted by Crippen LogP contribution is -2.26. The molecule has 1 aromatic carbocycles. The maximum Gasteiger partial charge on any atom is 0.508 e. The Hall–Kier alpha value is -4.93. The maximum atomic E-state index is 12.7. The van der Waals surface area contributed by atoms with E-state index >= 15 is 0 Å². The number of allylic oxidation sites excluding steroid dienone is 2. The number of hydrogen-bond acceptors (Lipinski definition) is 14. The van der Waals surface area contributed by atoms with Crippen molar-refractivity contribution in [2.45, 2.75) is 88.9 Å². The molecule has 51 heavy (non-hydrogen) atoms. The first-order valence-electron chi connectivity index (χ1n) is 17.1. The molecule has 1 saturated carbocycles. The lowest BCUT2D eigenvalue weighted by atomic mass is 9.89. The van der Waals surface area contributed by atoms with Crippen molar-refractivity contribution in [1.82, 2.24) is 5.32 Å². The quantitative estimate of drug-likeness (QED) is 0.0442. The Labute approximate surface area is 296 Å². The number of aryl methyl sites for hydroxylation is 1. The Kier molecular flexibility index (Phi) is 20.8. The lowest BCUT2D eigenvalue weighted by molar-refractivity contribution is -0.757. The number of ether oxygens (including phenoxy) is 4. The van der Waals surface area contributed by atoms with E-state index in [4.69, 9.17) is 18.9 Å². The normalized spacial score (nSPS) is 18.9. The van der Waals surface area contributed by atoms with Gasteiger partial charge in [0.15, 0.2) is 0 Å². The van der Waals surface area contributed by atoms with Crippen molar-refractivity contribution in [2.75, 3.05) is 33.5 Å². The third-order valence-electron chi connectivity index (χ3n) is 8.03. The average molecular weight is 724 g/mol. The first-order chi connectivity index (χ1) is 24.6. The Morgan fingerprint density at radius 2 is 1.47 bits per heavy atom. The number of carbonyl (C=O) groups excluding carboxylic acids is 3. The molecule has 0 unspecified atom stereocenters. The monoisotopic (exact) mass is 723 g/mol. The fraction of sp³-hybridized carbons (Fsp3) is 0.618. The highest BCUT2D eigenvalue weighted by molar-refractivity contribution is 5.75. The van der Waals surface area contributed by atoms with Crippen LogP contribution in [-0.4, -0.2) is 85.3 Å². The number of carbonyl (C=O) groups is 3. The van der Waals surface area contributed by atoms with Crippen LogP contribution in [0, 0.1) is 32.1 Å². The number of benzene rings is 1. The highest BCUT2D eigenvalue weighted by atomic mass is 17.0. The number of rotatable bonds is 25. The first-order valence-corrected chi connectivity index (χ1v) is 17.1. The minimum Gasteiger partial charge on any atom is -0.434 e. The highest BCUT2D eigenvalue weighted by Crippen LogP contribution is 2.40. The zero-order valence-electron chi connectivity index (χ0n) is 28.8. The number of hydrogen-bond donors (Lipinski definition) is 2. The van der Waals surface area contributed by atoms with E-state index in [1.54, 1.807) is 19.2 Å². The Morgan fingerprint density at radius 1 is 0.882 bits per heavy atom. The predicted molar refractivity (Wildman–Crippen MR) is 180 cm³/mol. The molecule has 0 saturated heterocycles. The summed E-state index contributed by atoms with van der Waals surface area (Å²) in [6.07, 6.45) is 7.28. The molecule has 2 rings (SSSR count). The van der Waals surface area contributed by atoms with Gasteiger partial charge in [-0.2, -0.15) is 0 Å². The summed E-state index contributed by atoms with van der Waals surface area (Å²) in [6, 6.07) is 9.69. The number of aliphatic hydroxyl groups excluding tert-OH is 1. The van der Waals surface area contributed by atoms with Crippen molar-refractivity contribution in [3.8, 4) is 0 Å². The maximum absolute atomic E-state index is 12.7. The molecule has 1 aliphatic carbocycles. The summed E-state index contributed by atoms with van der Waals surface area (Å²) in [7, 11) is 1.57. The zero-order valence-corrected chi connectivity index (χ0v) is 28.8. The molecule has 5 atom stereocenters. The first kappa shape index (κ1) is 42.2. The molecule has 17 heteroatoms. The van der Waals surface area contributed by atoms with Gasteiger partial charge in [0.2, 0.25) is 5.91 Å². The van der Waals surface area contributed by atoms with Crippen molar-refractivity contribution in [3.05, 3.63) is 80.4 Å². The van der Waals surface area contributed by atoms with Gasteiger partial charge in [-0.15, -0.1) is 20.2 Å². The van der Waals surface area contributed by atoms with E-state index in [0.717, 1.165) is 5.56 Å². The van der Waals surface area contributed by atoms with Gasteiger partial charge < -0.3 is 39.0 Å². The molecule has 1 amide bonds. The van der Waals surface area contributed by atoms with Crippen LogP contribution in [0.1, 0.15) is 69.8 Å². The van der Waals surface area contributed by atoms with Crippen LogP contribution in [0.5, 0.6) is 0 Å². The van der Waals surface area contributed by atoms with Crippen LogP contribution in [0.2, 0.25) is 0 Å². The average Bonchev–Trinajstić information content (AvgIpc) is 3.41. The molecule has 1 aromatic rings. The van der Waals surface area contributed by atoms with Crippen LogP contribution in [0.15, 0.2) is 54.6 Å². The summed E-state index contributed by atoms with van der Waals surface area (Å²) in [6.45, 7) is -0.403. The number of aliphatic hydroxyl groups is 1. The van der Waals surface area contributed by atoms with Gasteiger partial charge in [0.05, 0.1) is 32.5 Å². The van der Waals surface area contributed by atoms with E-state index < -0.39 is 52.6 Å². The second-order valence-corrected chi connectivity index (χ2v) is 11.8. The summed E-state index contributed by atoms with van der Waals surface area (Å²) in [5.41, 5.74) is 1.07. The lowest BCUT2D eigenvalue weighted by Gasteiger charge is -2.23. The summed E-state index contributed by atoms with van der Waals surface area (Å²) in [5.74, 6) is -0.981. The molecular weight excluding hydrogens is 674 g/mol. The van der Waals surface area contributed by atoms with Crippen molar-refractivity contribution >= 4 is 18.2 Å². The van der Waals surface area contributed by atoms with Crippen LogP contribution in [-0.2, 0) is 39.8 Å². The van der Waals surface area contributed by atoms with E-state index in [9.17, 15) is 39.7 Å². The summed E-state index contributed by atoms with van der Waals surface area (Å²) in [4.78, 5) is 66.1. The van der Waals surface area contributed by atoms with Crippen molar-refractivity contribution in [2.24, 2.45) is 11.8 Å². The van der Waals surface area contributed by atoms with Gasteiger partial charge in [0.1, 0.15) is 12.2 Å². The van der Waals surface area contributed by atoms with E-state index in [1.807, 2.05) is 42.5 Å². The van der Waals surface area contributed by atoms with E-state index in [-0.39, 0.29) is 51.6 Å². The van der Waals surface area contributed by atoms with Crippen molar-refractivity contribution in [3.63, 3.8) is 0 Å². The van der Waals surface area contributed by atoms with E-state index in [2.05, 4.69) is 15.0 Å². The Bertz CT molecular complexity index is 1260. The standard InChI is InChI=1S/C34H49N3O14/c1-35-32(39)16-8-3-2-7-15-28-29(20-19-27(38)18-17-26-13-5-4-6-14-26)31(51-34(41)47-22-10-12-24-49-37(44)45)25-30(28)50-33(40)46-21-9-11-23-48-36(42)43/h2,4-7,13-14,19-20,27-31,38H,3,8-12,15-18,21-25H2,1H3,(H,35,39)/b7-2-,20-19+/t27-,28+,29+,30-,31+/m0/s1. The summed E-state index contributed by atoms with van der Waals surface area (Å²) in [5, 5.41) is 32.2. The summed E-state index contributed by atoms with van der Waals surface area (Å²) >= 11 is 0. The molecule has 0 spiro atoms. The molecular formula is C34H49N3O14. The van der Waals surface area contributed by atoms with Gasteiger partial charge in [-0.1, -0.05) is 54.6 Å².